The minimum atomic E-state index is -6.85. The average Bonchev–Trinajstić information content (AvgIpc) is 1.66. The van der Waals surface area contributed by atoms with Crippen molar-refractivity contribution in [3.63, 3.8) is 0 Å². The van der Waals surface area contributed by atoms with E-state index in [0.717, 1.165) is 27.6 Å². The molecule has 10 rings (SSSR count). The Labute approximate surface area is 687 Å². The van der Waals surface area contributed by atoms with Crippen molar-refractivity contribution in [3.05, 3.63) is 104 Å². The maximum Gasteiger partial charge on any atom is 0.524 e. The second-order valence-electron chi connectivity index (χ2n) is 24.6. The highest BCUT2D eigenvalue weighted by atomic mass is 32.3. The molecule has 3 atom stereocenters. The Morgan fingerprint density at radius 1 is 0.508 bits per heavy atom. The number of aromatic hydroxyl groups is 1. The molecular weight excluding hydrogens is 1850 g/mol. The summed E-state index contributed by atoms with van der Waals surface area (Å²) in [5.41, 5.74) is -21.0. The number of hydrogen-bond acceptors (Lipinski definition) is 36. The molecule has 0 bridgehead atoms. The monoisotopic (exact) mass is 1930 g/mol. The van der Waals surface area contributed by atoms with E-state index in [1.54, 1.807) is 93.5 Å². The molecule has 5 aliphatic rings. The molecule has 0 radical (unpaired) electrons. The van der Waals surface area contributed by atoms with Gasteiger partial charge in [0.25, 0.3) is 11.5 Å². The van der Waals surface area contributed by atoms with E-state index < -0.39 is 135 Å². The number of alkyl halides is 12. The summed E-state index contributed by atoms with van der Waals surface area (Å²) >= 11 is 0. The average molecular weight is 1930 g/mol. The zero-order chi connectivity index (χ0) is 92.8. The van der Waals surface area contributed by atoms with E-state index >= 15 is 0 Å². The number of phenols is 1. The summed E-state index contributed by atoms with van der Waals surface area (Å²) in [6.07, 6.45) is -2.80. The highest BCUT2D eigenvalue weighted by Crippen LogP contribution is 2.53. The van der Waals surface area contributed by atoms with Gasteiger partial charge in [-0.3, -0.25) is 41.2 Å². The van der Waals surface area contributed by atoms with Crippen molar-refractivity contribution >= 4 is 111 Å². The summed E-state index contributed by atoms with van der Waals surface area (Å²) < 4.78 is 333. The van der Waals surface area contributed by atoms with Crippen LogP contribution in [0.25, 0.3) is 33.2 Å². The zero-order valence-electron chi connectivity index (χ0n) is 65.5. The number of phenolic OH excluding ortho intramolecular Hbond substituents is 1. The van der Waals surface area contributed by atoms with Gasteiger partial charge in [0.05, 0.1) is 105 Å². The maximum absolute atomic E-state index is 13.3. The molecule has 0 aliphatic carbocycles. The number of esters is 2. The second-order valence-corrected chi connectivity index (χ2v) is 39.1. The van der Waals surface area contributed by atoms with E-state index in [4.69, 9.17) is 42.4 Å². The second kappa shape index (κ2) is 41.8. The molecule has 0 fully saturated rings. The van der Waals surface area contributed by atoms with Crippen LogP contribution in [0.4, 0.5) is 52.7 Å². The van der Waals surface area contributed by atoms with Crippen molar-refractivity contribution in [2.24, 2.45) is 0 Å². The molecule has 0 saturated heterocycles. The largest absolute Gasteiger partial charge is 0.524 e. The van der Waals surface area contributed by atoms with E-state index in [1.165, 1.54) is 27.7 Å². The molecular formula is C64H82F12N4O34P4S4. The molecule has 2 aromatic carbocycles. The molecule has 1 unspecified atom stereocenters. The van der Waals surface area contributed by atoms with Gasteiger partial charge in [-0.2, -0.15) is 86.4 Å². The van der Waals surface area contributed by atoms with Crippen molar-refractivity contribution in [2.45, 2.75) is 147 Å². The summed E-state index contributed by atoms with van der Waals surface area (Å²) in [5, 5.41) is 41.7. The number of aliphatic hydroxyl groups is 3. The van der Waals surface area contributed by atoms with E-state index in [9.17, 15) is 139 Å². The molecule has 3 aromatic heterocycles. The lowest BCUT2D eigenvalue weighted by Crippen LogP contribution is -2.51. The van der Waals surface area contributed by atoms with Gasteiger partial charge in [0.2, 0.25) is 0 Å². The lowest BCUT2D eigenvalue weighted by Gasteiger charge is -2.41. The van der Waals surface area contributed by atoms with Gasteiger partial charge in [-0.25, -0.2) is 14.6 Å². The fourth-order valence-electron chi connectivity index (χ4n) is 11.3. The molecule has 1 amide bonds. The van der Waals surface area contributed by atoms with Gasteiger partial charge in [-0.1, -0.05) is 13.8 Å². The van der Waals surface area contributed by atoms with Gasteiger partial charge in [-0.15, -0.1) is 3.63 Å². The van der Waals surface area contributed by atoms with Crippen LogP contribution in [0.1, 0.15) is 122 Å². The topological polar surface area (TPSA) is 517 Å². The van der Waals surface area contributed by atoms with Crippen molar-refractivity contribution in [2.75, 3.05) is 84.9 Å². The molecule has 5 aliphatic heterocycles. The molecule has 8 heterocycles. The number of aromatic nitrogens is 3. The van der Waals surface area contributed by atoms with Gasteiger partial charge in [0.15, 0.2) is 30.2 Å². The smallest absolute Gasteiger partial charge is 0.508 e. The van der Waals surface area contributed by atoms with Crippen LogP contribution in [-0.4, -0.2) is 204 Å². The summed E-state index contributed by atoms with van der Waals surface area (Å²) in [5.74, 6) is -1.04. The summed E-state index contributed by atoms with van der Waals surface area (Å²) in [6.45, 7) is 17.0. The standard InChI is InChI=1S/C25H29N2O8P.C20H16N2O5.2C6H12F3O6PS.C5H13O4P.C2F6O5S2/c1-4-25(30)19-11-21-22-16(12-27(21)23(28)18(19)13-32-24(25)29)9-15-10-17(7-8-20(15)26-22)33-14-36(31,34-5-2)35-6-3;1-2-20(26)14-7-16-17-11(5-10-6-12(23)3-4-15(10)21-17)8-22(16)18(24)13(14)9-27-19(20)25;2*1-3-13-16(10,14-4-2)5-15-17(11,12)6(7,8)9;1-3-8-10(7,5-6)9-4-2;3-1(4,5)14(9,10)13-15(11,12)2(6,7)8/h7-10,21,30H,4-6,11-14H2,1-3H3;3-7,23,26H,2,8-9H2,1H3;2*3-5H2,1-2H3;6H,3-5H2,1-2H3;/t21?,25-;20-;;;;/m00..../s1. The number of halogens is 12. The lowest BCUT2D eigenvalue weighted by molar-refractivity contribution is -0.172. The SMILES string of the molecule is CCOP(=O)(CO)OCC.CCOP(=O)(COS(=O)(=O)C(F)(F)F)OCC.CCOP(=O)(COS(=O)(=O)C(F)(F)F)OCC.CCOP(=O)(COc1ccc2nc3c(cc2c1)CN1C(=O)C2=C(CC31)[C@@](O)(CC)C(=O)OC2)OCC.CC[C@@]1(O)C(=O)OCc2c1cc1n(c2=O)Cc2cc3cc(O)ccc3nc2-1.O=S(=O)(OS(=O)(=O)C(F)(F)F)C(F)(F)F. The van der Waals surface area contributed by atoms with Crippen molar-refractivity contribution in [3.8, 4) is 22.9 Å². The number of ether oxygens (including phenoxy) is 3. The molecule has 38 nitrogen and oxygen atoms in total. The first-order valence-corrected chi connectivity index (χ1v) is 47.9. The number of benzene rings is 2. The molecule has 4 N–H and O–H groups in total. The zero-order valence-corrected chi connectivity index (χ0v) is 72.3. The quantitative estimate of drug-likeness (QED) is 0.0107. The van der Waals surface area contributed by atoms with Crippen molar-refractivity contribution in [1.82, 2.24) is 19.4 Å². The predicted octanol–water partition coefficient (Wildman–Crippen LogP) is 11.5. The third-order valence-corrected chi connectivity index (χ3v) is 28.4. The van der Waals surface area contributed by atoms with Gasteiger partial charge in [-0.05, 0) is 140 Å². The van der Waals surface area contributed by atoms with E-state index in [2.05, 4.69) is 31.4 Å². The fraction of sp³-hybridized carbons (Fsp3) is 0.562. The maximum atomic E-state index is 13.3. The van der Waals surface area contributed by atoms with Gasteiger partial charge >= 0.3 is 105 Å². The van der Waals surface area contributed by atoms with Crippen LogP contribution in [-0.2, 0) is 156 Å². The lowest BCUT2D eigenvalue weighted by atomic mass is 9.79. The Kier molecular flexibility index (Phi) is 36.3. The number of amides is 1. The highest BCUT2D eigenvalue weighted by Gasteiger charge is 2.58. The van der Waals surface area contributed by atoms with Gasteiger partial charge in [0.1, 0.15) is 31.1 Å². The summed E-state index contributed by atoms with van der Waals surface area (Å²) in [4.78, 5) is 62.1. The van der Waals surface area contributed by atoms with Crippen LogP contribution in [0.15, 0.2) is 70.5 Å². The number of cyclic esters (lactones) is 2. The Hall–Kier alpha value is -6.72. The highest BCUT2D eigenvalue weighted by molar-refractivity contribution is 8.00. The fourth-order valence-corrected chi connectivity index (χ4v) is 19.6. The normalized spacial score (nSPS) is 18.1. The van der Waals surface area contributed by atoms with Crippen LogP contribution in [0.2, 0.25) is 0 Å². The number of fused-ring (bicyclic) bond motifs is 9. The Morgan fingerprint density at radius 3 is 1.36 bits per heavy atom. The number of rotatable bonds is 30. The number of hydrogen-bond donors (Lipinski definition) is 4. The minimum Gasteiger partial charge on any atom is -0.508 e. The molecule has 0 spiro atoms. The first-order chi connectivity index (χ1) is 56.2. The number of aliphatic hydroxyl groups excluding tert-OH is 1. The van der Waals surface area contributed by atoms with Crippen LogP contribution in [0.5, 0.6) is 11.5 Å². The van der Waals surface area contributed by atoms with Crippen LogP contribution < -0.4 is 10.3 Å². The van der Waals surface area contributed by atoms with Crippen molar-refractivity contribution in [1.29, 1.82) is 0 Å². The first-order valence-electron chi connectivity index (χ1n) is 35.4. The number of carbonyl (C=O) groups is 3. The Morgan fingerprint density at radius 2 is 0.918 bits per heavy atom. The van der Waals surface area contributed by atoms with Gasteiger partial charge in [0, 0.05) is 28.4 Å². The summed E-state index contributed by atoms with van der Waals surface area (Å²) in [7, 11) is -39.8. The van der Waals surface area contributed by atoms with Crippen LogP contribution in [0.3, 0.4) is 0 Å². The number of pyridine rings is 3. The molecule has 5 aromatic rings. The summed E-state index contributed by atoms with van der Waals surface area (Å²) in [6, 6.07) is 15.4. The number of carbonyl (C=O) groups excluding carboxylic acids is 3. The Balaban J connectivity index is 0.000000275. The molecule has 122 heavy (non-hydrogen) atoms. The number of nitrogens with zero attached hydrogens (tertiary/aromatic N) is 4. The third-order valence-electron chi connectivity index (χ3n) is 16.6. The molecule has 58 heteroatoms. The minimum absolute atomic E-state index is 0.110. The van der Waals surface area contributed by atoms with Crippen LogP contribution >= 0.6 is 30.4 Å². The van der Waals surface area contributed by atoms with E-state index in [0.29, 0.717) is 70.0 Å². The molecule has 0 saturated carbocycles. The Bertz CT molecular complexity index is 5260. The van der Waals surface area contributed by atoms with Gasteiger partial charge < -0.3 is 80.3 Å². The van der Waals surface area contributed by atoms with Crippen LogP contribution in [0, 0.1) is 0 Å². The molecule has 690 valence electrons. The van der Waals surface area contributed by atoms with E-state index in [1.807, 2.05) is 15.8 Å². The van der Waals surface area contributed by atoms with Crippen molar-refractivity contribution < 1.29 is 202 Å². The predicted molar refractivity (Wildman–Crippen MR) is 398 cm³/mol. The third kappa shape index (κ3) is 25.6. The van der Waals surface area contributed by atoms with E-state index in [-0.39, 0.29) is 109 Å². The first kappa shape index (κ1) is 106.